The molecule has 3 aromatic rings. The molecule has 2 heterocycles. The minimum atomic E-state index is -0.202. The average molecular weight is 385 g/mol. The lowest BCUT2D eigenvalue weighted by Crippen LogP contribution is -2.30. The highest BCUT2D eigenvalue weighted by Crippen LogP contribution is 2.47. The molecule has 4 rings (SSSR count). The topological polar surface area (TPSA) is 42.4 Å². The molecule has 2 aromatic carbocycles. The Labute approximate surface area is 161 Å². The Morgan fingerprint density at radius 1 is 1.15 bits per heavy atom. The zero-order valence-electron chi connectivity index (χ0n) is 14.3. The van der Waals surface area contributed by atoms with Gasteiger partial charge in [0, 0.05) is 22.7 Å². The first kappa shape index (κ1) is 17.2. The SMILES string of the molecule is COc1ccc2cc(C3SC(C)C(=O)N3c3ccccc3)c(Cl)nc2c1. The van der Waals surface area contributed by atoms with Gasteiger partial charge in [-0.25, -0.2) is 4.98 Å². The summed E-state index contributed by atoms with van der Waals surface area (Å²) < 4.78 is 5.26. The molecule has 1 amide bonds. The standard InChI is InChI=1S/C20H17ClN2O2S/c1-12-19(24)23(14-6-4-3-5-7-14)20(26-12)16-10-13-8-9-15(25-2)11-17(13)22-18(16)21/h3-12,20H,1-2H3. The quantitative estimate of drug-likeness (QED) is 0.591. The minimum absolute atomic E-state index is 0.0806. The van der Waals surface area contributed by atoms with Crippen molar-refractivity contribution in [2.24, 2.45) is 0 Å². The number of carbonyl (C=O) groups excluding carboxylic acids is 1. The lowest BCUT2D eigenvalue weighted by atomic mass is 10.1. The lowest BCUT2D eigenvalue weighted by Gasteiger charge is -2.25. The summed E-state index contributed by atoms with van der Waals surface area (Å²) in [6, 6.07) is 17.4. The van der Waals surface area contributed by atoms with Crippen molar-refractivity contribution < 1.29 is 9.53 Å². The number of thioether (sulfide) groups is 1. The molecule has 132 valence electrons. The number of carbonyl (C=O) groups is 1. The third kappa shape index (κ3) is 2.91. The van der Waals surface area contributed by atoms with Crippen LogP contribution < -0.4 is 9.64 Å². The van der Waals surface area contributed by atoms with E-state index in [2.05, 4.69) is 4.98 Å². The number of rotatable bonds is 3. The molecule has 6 heteroatoms. The molecular weight excluding hydrogens is 368 g/mol. The first-order chi connectivity index (χ1) is 12.6. The van der Waals surface area contributed by atoms with Crippen LogP contribution in [-0.4, -0.2) is 23.3 Å². The van der Waals surface area contributed by atoms with Crippen LogP contribution >= 0.6 is 23.4 Å². The average Bonchev–Trinajstić information content (AvgIpc) is 2.96. The highest BCUT2D eigenvalue weighted by Gasteiger charge is 2.40. The second kappa shape index (κ2) is 6.82. The molecule has 1 aromatic heterocycles. The van der Waals surface area contributed by atoms with Gasteiger partial charge < -0.3 is 4.74 Å². The number of fused-ring (bicyclic) bond motifs is 1. The molecular formula is C20H17ClN2O2S. The number of aromatic nitrogens is 1. The number of pyridine rings is 1. The van der Waals surface area contributed by atoms with E-state index in [-0.39, 0.29) is 16.5 Å². The molecule has 2 unspecified atom stereocenters. The largest absolute Gasteiger partial charge is 0.497 e. The van der Waals surface area contributed by atoms with Gasteiger partial charge in [-0.05, 0) is 37.3 Å². The monoisotopic (exact) mass is 384 g/mol. The number of para-hydroxylation sites is 1. The van der Waals surface area contributed by atoms with E-state index in [1.54, 1.807) is 18.9 Å². The Morgan fingerprint density at radius 3 is 2.65 bits per heavy atom. The van der Waals surface area contributed by atoms with Crippen molar-refractivity contribution >= 4 is 45.9 Å². The molecule has 0 spiro atoms. The van der Waals surface area contributed by atoms with Crippen LogP contribution in [0.25, 0.3) is 10.9 Å². The highest BCUT2D eigenvalue weighted by atomic mass is 35.5. The van der Waals surface area contributed by atoms with Crippen LogP contribution in [0.1, 0.15) is 17.9 Å². The number of amides is 1. The Bertz CT molecular complexity index is 980. The van der Waals surface area contributed by atoms with Gasteiger partial charge in [0.25, 0.3) is 0 Å². The van der Waals surface area contributed by atoms with E-state index in [0.29, 0.717) is 5.15 Å². The summed E-state index contributed by atoms with van der Waals surface area (Å²) in [7, 11) is 1.62. The van der Waals surface area contributed by atoms with E-state index in [1.807, 2.05) is 66.4 Å². The Balaban J connectivity index is 1.82. The van der Waals surface area contributed by atoms with Crippen LogP contribution in [0.15, 0.2) is 54.6 Å². The fourth-order valence-electron chi connectivity index (χ4n) is 3.13. The number of nitrogens with zero attached hydrogens (tertiary/aromatic N) is 2. The molecule has 4 nitrogen and oxygen atoms in total. The highest BCUT2D eigenvalue weighted by molar-refractivity contribution is 8.01. The maximum atomic E-state index is 12.8. The van der Waals surface area contributed by atoms with Crippen LogP contribution in [0.4, 0.5) is 5.69 Å². The van der Waals surface area contributed by atoms with Crippen molar-refractivity contribution in [3.05, 3.63) is 65.3 Å². The van der Waals surface area contributed by atoms with E-state index in [4.69, 9.17) is 16.3 Å². The van der Waals surface area contributed by atoms with Gasteiger partial charge >= 0.3 is 0 Å². The van der Waals surface area contributed by atoms with Gasteiger partial charge in [-0.15, -0.1) is 11.8 Å². The molecule has 1 aliphatic rings. The molecule has 26 heavy (non-hydrogen) atoms. The number of benzene rings is 2. The van der Waals surface area contributed by atoms with Gasteiger partial charge in [0.05, 0.1) is 17.9 Å². The zero-order chi connectivity index (χ0) is 18.3. The van der Waals surface area contributed by atoms with Gasteiger partial charge in [0.2, 0.25) is 5.91 Å². The van der Waals surface area contributed by atoms with Gasteiger partial charge in [-0.3, -0.25) is 9.69 Å². The van der Waals surface area contributed by atoms with Crippen molar-refractivity contribution in [3.63, 3.8) is 0 Å². The maximum absolute atomic E-state index is 12.8. The summed E-state index contributed by atoms with van der Waals surface area (Å²) in [5, 5.41) is 1.03. The molecule has 0 radical (unpaired) electrons. The van der Waals surface area contributed by atoms with Gasteiger partial charge in [-0.2, -0.15) is 0 Å². The summed E-state index contributed by atoms with van der Waals surface area (Å²) in [5.41, 5.74) is 2.48. The van der Waals surface area contributed by atoms with Crippen molar-refractivity contribution in [1.82, 2.24) is 4.98 Å². The maximum Gasteiger partial charge on any atom is 0.241 e. The summed E-state index contributed by atoms with van der Waals surface area (Å²) in [5.74, 6) is 0.816. The fourth-order valence-corrected chi connectivity index (χ4v) is 4.73. The van der Waals surface area contributed by atoms with Crippen LogP contribution in [0.5, 0.6) is 5.75 Å². The normalized spacial score (nSPS) is 20.0. The predicted octanol–water partition coefficient (Wildman–Crippen LogP) is 5.06. The van der Waals surface area contributed by atoms with E-state index >= 15 is 0 Å². The van der Waals surface area contributed by atoms with Crippen molar-refractivity contribution in [3.8, 4) is 5.75 Å². The number of hydrogen-bond acceptors (Lipinski definition) is 4. The van der Waals surface area contributed by atoms with E-state index in [0.717, 1.165) is 27.9 Å². The molecule has 0 N–H and O–H groups in total. The minimum Gasteiger partial charge on any atom is -0.497 e. The summed E-state index contributed by atoms with van der Waals surface area (Å²) >= 11 is 8.11. The second-order valence-corrected chi connectivity index (χ2v) is 7.89. The van der Waals surface area contributed by atoms with Gasteiger partial charge in [-0.1, -0.05) is 29.8 Å². The lowest BCUT2D eigenvalue weighted by molar-refractivity contribution is -0.117. The Morgan fingerprint density at radius 2 is 1.92 bits per heavy atom. The molecule has 0 bridgehead atoms. The summed E-state index contributed by atoms with van der Waals surface area (Å²) in [4.78, 5) is 19.1. The molecule has 1 aliphatic heterocycles. The molecule has 1 saturated heterocycles. The summed E-state index contributed by atoms with van der Waals surface area (Å²) in [6.45, 7) is 1.93. The second-order valence-electron chi connectivity index (χ2n) is 6.10. The van der Waals surface area contributed by atoms with E-state index in [9.17, 15) is 4.79 Å². The first-order valence-corrected chi connectivity index (χ1v) is 9.58. The molecule has 0 saturated carbocycles. The molecule has 2 atom stereocenters. The first-order valence-electron chi connectivity index (χ1n) is 8.26. The number of halogens is 1. The van der Waals surface area contributed by atoms with Crippen molar-refractivity contribution in [2.45, 2.75) is 17.5 Å². The number of hydrogen-bond donors (Lipinski definition) is 0. The van der Waals surface area contributed by atoms with Crippen LogP contribution in [-0.2, 0) is 4.79 Å². The third-order valence-corrected chi connectivity index (χ3v) is 6.09. The van der Waals surface area contributed by atoms with Crippen LogP contribution in [0, 0.1) is 0 Å². The van der Waals surface area contributed by atoms with Crippen LogP contribution in [0.3, 0.4) is 0 Å². The number of ether oxygens (including phenoxy) is 1. The Kier molecular flexibility index (Phi) is 4.51. The molecule has 1 fully saturated rings. The predicted molar refractivity (Wildman–Crippen MR) is 107 cm³/mol. The van der Waals surface area contributed by atoms with Crippen LogP contribution in [0.2, 0.25) is 5.15 Å². The number of methoxy groups -OCH3 is 1. The van der Waals surface area contributed by atoms with E-state index in [1.165, 1.54) is 0 Å². The van der Waals surface area contributed by atoms with Crippen molar-refractivity contribution in [2.75, 3.05) is 12.0 Å². The molecule has 0 aliphatic carbocycles. The van der Waals surface area contributed by atoms with Gasteiger partial charge in [0.15, 0.2) is 0 Å². The smallest absolute Gasteiger partial charge is 0.241 e. The van der Waals surface area contributed by atoms with E-state index < -0.39 is 0 Å². The fraction of sp³-hybridized carbons (Fsp3) is 0.200. The number of anilines is 1. The third-order valence-electron chi connectivity index (χ3n) is 4.46. The Hall–Kier alpha value is -2.24. The van der Waals surface area contributed by atoms with Gasteiger partial charge in [0.1, 0.15) is 16.3 Å². The zero-order valence-corrected chi connectivity index (χ0v) is 15.9. The van der Waals surface area contributed by atoms with Crippen molar-refractivity contribution in [1.29, 1.82) is 0 Å². The summed E-state index contributed by atoms with van der Waals surface area (Å²) in [6.07, 6.45) is 0.